The van der Waals surface area contributed by atoms with Crippen molar-refractivity contribution in [3.05, 3.63) is 65.4 Å². The fraction of sp³-hybridized carbons (Fsp3) is 0.318. The van der Waals surface area contributed by atoms with Crippen LogP contribution in [0.15, 0.2) is 53.4 Å². The van der Waals surface area contributed by atoms with E-state index in [1.54, 1.807) is 12.1 Å². The molecule has 0 N–H and O–H groups in total. The van der Waals surface area contributed by atoms with E-state index in [4.69, 9.17) is 0 Å². The number of aromatic nitrogens is 1. The molecule has 3 heterocycles. The zero-order valence-corrected chi connectivity index (χ0v) is 16.6. The second-order valence-corrected chi connectivity index (χ2v) is 9.49. The number of benzene rings is 2. The molecule has 0 spiro atoms. The number of amides is 1. The Balaban J connectivity index is 1.78. The van der Waals surface area contributed by atoms with E-state index in [0.717, 1.165) is 35.0 Å². The van der Waals surface area contributed by atoms with E-state index in [0.29, 0.717) is 29.8 Å². The van der Waals surface area contributed by atoms with Crippen LogP contribution < -0.4 is 0 Å². The first-order valence-corrected chi connectivity index (χ1v) is 11.2. The van der Waals surface area contributed by atoms with Crippen molar-refractivity contribution in [3.8, 4) is 0 Å². The van der Waals surface area contributed by atoms with Crippen LogP contribution in [0.3, 0.4) is 0 Å². The standard InChI is InChI=1S/C22H22N2O3S/c1-15-9-11-16(12-10-15)28(26,27)24-18-6-3-2-5-17(18)22-19-7-4-8-21(25)23(19)14-13-20(22)24/h2-3,5-6,9-12,19H,4,7-8,13-14H2,1H3. The maximum absolute atomic E-state index is 13.6. The van der Waals surface area contributed by atoms with Gasteiger partial charge in [0.2, 0.25) is 5.91 Å². The summed E-state index contributed by atoms with van der Waals surface area (Å²) >= 11 is 0. The second-order valence-electron chi connectivity index (χ2n) is 7.71. The Labute approximate surface area is 164 Å². The molecule has 5 nitrogen and oxygen atoms in total. The van der Waals surface area contributed by atoms with Crippen LogP contribution >= 0.6 is 0 Å². The molecule has 0 aliphatic carbocycles. The summed E-state index contributed by atoms with van der Waals surface area (Å²) in [6, 6.07) is 14.6. The Bertz CT molecular complexity index is 1190. The summed E-state index contributed by atoms with van der Waals surface area (Å²) < 4.78 is 28.7. The second kappa shape index (κ2) is 6.21. The van der Waals surface area contributed by atoms with E-state index in [1.807, 2.05) is 48.2 Å². The van der Waals surface area contributed by atoms with Gasteiger partial charge in [0.15, 0.2) is 0 Å². The fourth-order valence-electron chi connectivity index (χ4n) is 4.71. The van der Waals surface area contributed by atoms with Crippen LogP contribution in [0.5, 0.6) is 0 Å². The largest absolute Gasteiger partial charge is 0.335 e. The summed E-state index contributed by atoms with van der Waals surface area (Å²) in [5.74, 6) is 0.181. The Morgan fingerprint density at radius 2 is 1.75 bits per heavy atom. The van der Waals surface area contributed by atoms with Crippen LogP contribution in [0.2, 0.25) is 0 Å². The lowest BCUT2D eigenvalue weighted by Gasteiger charge is -2.39. The Hall–Kier alpha value is -2.60. The van der Waals surface area contributed by atoms with Crippen molar-refractivity contribution >= 4 is 26.8 Å². The lowest BCUT2D eigenvalue weighted by Crippen LogP contribution is -2.43. The third-order valence-corrected chi connectivity index (χ3v) is 7.78. The topological polar surface area (TPSA) is 59.4 Å². The van der Waals surface area contributed by atoms with Gasteiger partial charge in [0.25, 0.3) is 10.0 Å². The Kier molecular flexibility index (Phi) is 3.88. The third-order valence-electron chi connectivity index (χ3n) is 6.02. The van der Waals surface area contributed by atoms with Gasteiger partial charge in [-0.2, -0.15) is 0 Å². The van der Waals surface area contributed by atoms with Gasteiger partial charge in [0, 0.05) is 36.0 Å². The number of hydrogen-bond acceptors (Lipinski definition) is 3. The number of fused-ring (bicyclic) bond motifs is 5. The minimum atomic E-state index is -3.72. The van der Waals surface area contributed by atoms with Crippen molar-refractivity contribution in [3.63, 3.8) is 0 Å². The van der Waals surface area contributed by atoms with Crippen molar-refractivity contribution in [1.82, 2.24) is 8.87 Å². The minimum Gasteiger partial charge on any atom is -0.335 e. The average molecular weight is 394 g/mol. The number of piperidine rings is 1. The molecule has 144 valence electrons. The summed E-state index contributed by atoms with van der Waals surface area (Å²) in [5, 5.41) is 0.942. The highest BCUT2D eigenvalue weighted by atomic mass is 32.2. The molecule has 1 amide bonds. The molecule has 1 fully saturated rings. The van der Waals surface area contributed by atoms with E-state index >= 15 is 0 Å². The molecule has 1 saturated heterocycles. The molecular formula is C22H22N2O3S. The number of carbonyl (C=O) groups is 1. The highest BCUT2D eigenvalue weighted by Gasteiger charge is 2.39. The van der Waals surface area contributed by atoms with Gasteiger partial charge < -0.3 is 4.90 Å². The molecule has 2 aromatic carbocycles. The maximum Gasteiger partial charge on any atom is 0.268 e. The van der Waals surface area contributed by atoms with Crippen molar-refractivity contribution in [2.24, 2.45) is 0 Å². The van der Waals surface area contributed by atoms with Crippen molar-refractivity contribution < 1.29 is 13.2 Å². The summed E-state index contributed by atoms with van der Waals surface area (Å²) in [4.78, 5) is 14.7. The summed E-state index contributed by atoms with van der Waals surface area (Å²) in [7, 11) is -3.72. The highest BCUT2D eigenvalue weighted by molar-refractivity contribution is 7.90. The normalized spacial score (nSPS) is 19.5. The van der Waals surface area contributed by atoms with Crippen molar-refractivity contribution in [2.45, 2.75) is 43.5 Å². The summed E-state index contributed by atoms with van der Waals surface area (Å²) in [6.07, 6.45) is 2.88. The Morgan fingerprint density at radius 3 is 2.54 bits per heavy atom. The van der Waals surface area contributed by atoms with Crippen LogP contribution in [-0.2, 0) is 21.2 Å². The molecule has 5 rings (SSSR count). The molecule has 1 unspecified atom stereocenters. The monoisotopic (exact) mass is 394 g/mol. The minimum absolute atomic E-state index is 0.0237. The van der Waals surface area contributed by atoms with Crippen LogP contribution in [-0.4, -0.2) is 29.7 Å². The predicted octanol–water partition coefficient (Wildman–Crippen LogP) is 3.80. The molecule has 1 atom stereocenters. The summed E-state index contributed by atoms with van der Waals surface area (Å²) in [5.41, 5.74) is 3.57. The van der Waals surface area contributed by atoms with Gasteiger partial charge >= 0.3 is 0 Å². The lowest BCUT2D eigenvalue weighted by atomic mass is 9.89. The first-order chi connectivity index (χ1) is 13.5. The Morgan fingerprint density at radius 1 is 1.00 bits per heavy atom. The molecular weight excluding hydrogens is 372 g/mol. The molecule has 1 aromatic heterocycles. The van der Waals surface area contributed by atoms with E-state index in [9.17, 15) is 13.2 Å². The predicted molar refractivity (Wildman–Crippen MR) is 108 cm³/mol. The molecule has 3 aromatic rings. The summed E-state index contributed by atoms with van der Waals surface area (Å²) in [6.45, 7) is 2.52. The number of rotatable bonds is 2. The number of aryl methyl sites for hydroxylation is 1. The molecule has 2 aliphatic heterocycles. The zero-order chi connectivity index (χ0) is 19.5. The van der Waals surface area contributed by atoms with Gasteiger partial charge in [0.05, 0.1) is 16.5 Å². The SMILES string of the molecule is Cc1ccc(S(=O)(=O)n2c3c(c4ccccc42)C2CCCC(=O)N2CC3)cc1. The molecule has 0 bridgehead atoms. The number of nitrogens with zero attached hydrogens (tertiary/aromatic N) is 2. The van der Waals surface area contributed by atoms with Gasteiger partial charge in [-0.05, 0) is 38.0 Å². The van der Waals surface area contributed by atoms with Gasteiger partial charge in [-0.1, -0.05) is 35.9 Å². The lowest BCUT2D eigenvalue weighted by molar-refractivity contribution is -0.137. The quantitative estimate of drug-likeness (QED) is 0.664. The third kappa shape index (κ3) is 2.44. The first-order valence-electron chi connectivity index (χ1n) is 9.72. The van der Waals surface area contributed by atoms with Crippen LogP contribution in [0.1, 0.15) is 42.1 Å². The maximum atomic E-state index is 13.6. The molecule has 0 radical (unpaired) electrons. The molecule has 2 aliphatic rings. The van der Waals surface area contributed by atoms with E-state index < -0.39 is 10.0 Å². The van der Waals surface area contributed by atoms with Crippen LogP contribution in [0, 0.1) is 6.92 Å². The zero-order valence-electron chi connectivity index (χ0n) is 15.8. The molecule has 28 heavy (non-hydrogen) atoms. The van der Waals surface area contributed by atoms with Crippen LogP contribution in [0.25, 0.3) is 10.9 Å². The number of hydrogen-bond donors (Lipinski definition) is 0. The van der Waals surface area contributed by atoms with Gasteiger partial charge in [0.1, 0.15) is 0 Å². The number of para-hydroxylation sites is 1. The first kappa shape index (κ1) is 17.5. The fourth-order valence-corrected chi connectivity index (χ4v) is 6.30. The van der Waals surface area contributed by atoms with E-state index in [-0.39, 0.29) is 11.9 Å². The van der Waals surface area contributed by atoms with E-state index in [2.05, 4.69) is 0 Å². The average Bonchev–Trinajstić information content (AvgIpc) is 3.04. The van der Waals surface area contributed by atoms with Crippen molar-refractivity contribution in [2.75, 3.05) is 6.54 Å². The smallest absolute Gasteiger partial charge is 0.268 e. The number of carbonyl (C=O) groups excluding carboxylic acids is 1. The molecule has 0 saturated carbocycles. The van der Waals surface area contributed by atoms with E-state index in [1.165, 1.54) is 3.97 Å². The molecule has 6 heteroatoms. The highest BCUT2D eigenvalue weighted by Crippen LogP contribution is 2.43. The van der Waals surface area contributed by atoms with Gasteiger partial charge in [-0.15, -0.1) is 0 Å². The van der Waals surface area contributed by atoms with Gasteiger partial charge in [-0.3, -0.25) is 4.79 Å². The van der Waals surface area contributed by atoms with Gasteiger partial charge in [-0.25, -0.2) is 12.4 Å². The van der Waals surface area contributed by atoms with Crippen LogP contribution in [0.4, 0.5) is 0 Å². The van der Waals surface area contributed by atoms with Crippen molar-refractivity contribution in [1.29, 1.82) is 0 Å².